The topological polar surface area (TPSA) is 89.9 Å². The molecule has 1 aromatic carbocycles. The average Bonchev–Trinajstić information content (AvgIpc) is 3.58. The van der Waals surface area contributed by atoms with Gasteiger partial charge < -0.3 is 14.5 Å². The summed E-state index contributed by atoms with van der Waals surface area (Å²) in [5, 5.41) is -0.179. The molecular weight excluding hydrogens is 544 g/mol. The summed E-state index contributed by atoms with van der Waals surface area (Å²) >= 11 is 6.11. The molecule has 0 saturated carbocycles. The number of pyridine rings is 2. The van der Waals surface area contributed by atoms with Gasteiger partial charge in [0.1, 0.15) is 34.3 Å². The van der Waals surface area contributed by atoms with E-state index in [-0.39, 0.29) is 39.0 Å². The van der Waals surface area contributed by atoms with Crippen molar-refractivity contribution in [2.24, 2.45) is 0 Å². The highest BCUT2D eigenvalue weighted by Crippen LogP contribution is 2.30. The largest absolute Gasteiger partial charge is 0.480 e. The highest BCUT2D eigenvalue weighted by atomic mass is 35.5. The number of nitrogens with zero attached hydrogens (tertiary/aromatic N) is 7. The molecule has 0 amide bonds. The molecule has 0 bridgehead atoms. The second kappa shape index (κ2) is 9.72. The Morgan fingerprint density at radius 1 is 1.10 bits per heavy atom. The fourth-order valence-electron chi connectivity index (χ4n) is 5.14. The molecule has 5 aromatic rings. The van der Waals surface area contributed by atoms with E-state index in [2.05, 4.69) is 19.8 Å². The van der Waals surface area contributed by atoms with Crippen LogP contribution in [0.25, 0.3) is 28.1 Å². The van der Waals surface area contributed by atoms with E-state index in [0.29, 0.717) is 24.9 Å². The van der Waals surface area contributed by atoms with Crippen LogP contribution in [0.1, 0.15) is 6.42 Å². The minimum Gasteiger partial charge on any atom is -0.480 e. The van der Waals surface area contributed by atoms with Crippen molar-refractivity contribution in [1.82, 2.24) is 28.4 Å². The number of anilines is 1. The van der Waals surface area contributed by atoms with Crippen molar-refractivity contribution < 1.29 is 13.5 Å². The number of benzene rings is 1. The number of rotatable bonds is 5. The van der Waals surface area contributed by atoms with Gasteiger partial charge in [0, 0.05) is 37.5 Å². The number of methoxy groups -OCH3 is 1. The fraction of sp³-hybridized carbons (Fsp3) is 0.259. The number of halogens is 3. The maximum Gasteiger partial charge on any atom is 0.342 e. The van der Waals surface area contributed by atoms with Gasteiger partial charge in [0.2, 0.25) is 5.88 Å². The third kappa shape index (κ3) is 4.11. The zero-order valence-corrected chi connectivity index (χ0v) is 22.6. The predicted octanol–water partition coefficient (Wildman–Crippen LogP) is 3.26. The van der Waals surface area contributed by atoms with Gasteiger partial charge >= 0.3 is 5.69 Å². The van der Waals surface area contributed by atoms with E-state index in [9.17, 15) is 18.4 Å². The van der Waals surface area contributed by atoms with Gasteiger partial charge in [-0.3, -0.25) is 13.8 Å². The molecule has 0 aliphatic carbocycles. The summed E-state index contributed by atoms with van der Waals surface area (Å²) in [5.41, 5.74) is -0.842. The van der Waals surface area contributed by atoms with Crippen molar-refractivity contribution in [3.05, 3.63) is 86.3 Å². The summed E-state index contributed by atoms with van der Waals surface area (Å²) < 4.78 is 37.2. The zero-order chi connectivity index (χ0) is 28.3. The van der Waals surface area contributed by atoms with Crippen molar-refractivity contribution in [1.29, 1.82) is 0 Å². The van der Waals surface area contributed by atoms with Crippen LogP contribution in [0.2, 0.25) is 5.02 Å². The molecule has 1 saturated heterocycles. The van der Waals surface area contributed by atoms with E-state index >= 15 is 0 Å². The maximum atomic E-state index is 14.2. The lowest BCUT2D eigenvalue weighted by molar-refractivity contribution is 0.315. The monoisotopic (exact) mass is 567 g/mol. The highest BCUT2D eigenvalue weighted by Gasteiger charge is 2.28. The van der Waals surface area contributed by atoms with E-state index in [4.69, 9.17) is 16.3 Å². The molecule has 1 aliphatic heterocycles. The Bertz CT molecular complexity index is 1920. The van der Waals surface area contributed by atoms with Crippen LogP contribution in [-0.2, 0) is 0 Å². The van der Waals surface area contributed by atoms with Crippen LogP contribution in [0.4, 0.5) is 14.6 Å². The Balaban J connectivity index is 1.70. The molecule has 1 fully saturated rings. The van der Waals surface area contributed by atoms with E-state index in [1.165, 1.54) is 52.7 Å². The van der Waals surface area contributed by atoms with E-state index in [1.807, 2.05) is 14.1 Å². The third-order valence-corrected chi connectivity index (χ3v) is 7.54. The van der Waals surface area contributed by atoms with Crippen LogP contribution in [0.15, 0.2) is 58.4 Å². The normalized spacial score (nSPS) is 15.6. The smallest absolute Gasteiger partial charge is 0.342 e. The van der Waals surface area contributed by atoms with Gasteiger partial charge in [0.15, 0.2) is 0 Å². The van der Waals surface area contributed by atoms with Crippen LogP contribution >= 0.6 is 11.6 Å². The summed E-state index contributed by atoms with van der Waals surface area (Å²) in [7, 11) is 5.41. The molecule has 5 heterocycles. The Labute approximate surface area is 231 Å². The number of ether oxygens (including phenoxy) is 1. The number of hydrogen-bond acceptors (Lipinski definition) is 7. The average molecular weight is 568 g/mol. The van der Waals surface area contributed by atoms with Gasteiger partial charge in [-0.05, 0) is 44.8 Å². The molecule has 10 nitrogen and oxygen atoms in total. The summed E-state index contributed by atoms with van der Waals surface area (Å²) in [6.45, 7) is 1.41. The molecule has 0 N–H and O–H groups in total. The third-order valence-electron chi connectivity index (χ3n) is 7.25. The summed E-state index contributed by atoms with van der Waals surface area (Å²) in [4.78, 5) is 41.2. The second-order valence-electron chi connectivity index (χ2n) is 9.78. The van der Waals surface area contributed by atoms with Crippen molar-refractivity contribution in [3.63, 3.8) is 0 Å². The van der Waals surface area contributed by atoms with Gasteiger partial charge in [0.05, 0.1) is 29.5 Å². The number of imidazole rings is 1. The summed E-state index contributed by atoms with van der Waals surface area (Å²) in [6, 6.07) is 8.17. The van der Waals surface area contributed by atoms with Gasteiger partial charge in [-0.15, -0.1) is 0 Å². The van der Waals surface area contributed by atoms with Crippen LogP contribution in [0.5, 0.6) is 5.88 Å². The molecule has 6 rings (SSSR count). The molecule has 0 radical (unpaired) electrons. The first-order valence-electron chi connectivity index (χ1n) is 12.4. The SMILES string of the molecule is COc1nc(N2CCC(N(C)C)C2)cc2c1c(=O)n(-c1cnc3cc(F)ccn13)c(=O)n2-c1ccc(F)c(Cl)c1. The first kappa shape index (κ1) is 26.0. The van der Waals surface area contributed by atoms with Crippen molar-refractivity contribution >= 4 is 34.0 Å². The Kier molecular flexibility index (Phi) is 6.31. The Morgan fingerprint density at radius 2 is 1.90 bits per heavy atom. The van der Waals surface area contributed by atoms with Crippen molar-refractivity contribution in [2.75, 3.05) is 39.2 Å². The number of likely N-dealkylation sites (N-methyl/N-ethyl adjacent to an activating group) is 1. The minimum absolute atomic E-state index is 0.0152. The quantitative estimate of drug-likeness (QED) is 0.322. The van der Waals surface area contributed by atoms with Gasteiger partial charge in [-0.1, -0.05) is 11.6 Å². The first-order valence-corrected chi connectivity index (χ1v) is 12.8. The summed E-state index contributed by atoms with van der Waals surface area (Å²) in [6.07, 6.45) is 3.58. The standard InChI is InChI=1S/C27H24ClF2N7O3/c1-33(2)17-7-8-34(14-17)22-12-20-24(25(32-22)40-3)26(38)37(23-13-31-21-10-15(29)6-9-35(21)23)27(39)36(20)16-4-5-19(30)18(28)11-16/h4-6,9-13,17H,7-8,14H2,1-3H3. The van der Waals surface area contributed by atoms with Gasteiger partial charge in [-0.25, -0.2) is 23.1 Å². The lowest BCUT2D eigenvalue weighted by atomic mass is 10.2. The molecule has 0 spiro atoms. The molecule has 206 valence electrons. The number of aromatic nitrogens is 5. The van der Waals surface area contributed by atoms with Gasteiger partial charge in [-0.2, -0.15) is 4.98 Å². The molecule has 13 heteroatoms. The number of hydrogen-bond donors (Lipinski definition) is 0. The Morgan fingerprint density at radius 3 is 2.60 bits per heavy atom. The fourth-order valence-corrected chi connectivity index (χ4v) is 5.31. The van der Waals surface area contributed by atoms with Crippen LogP contribution in [0.3, 0.4) is 0 Å². The first-order chi connectivity index (χ1) is 19.2. The molecule has 1 aliphatic rings. The molecule has 1 atom stereocenters. The predicted molar refractivity (Wildman–Crippen MR) is 147 cm³/mol. The highest BCUT2D eigenvalue weighted by molar-refractivity contribution is 6.30. The Hall–Kier alpha value is -4.29. The summed E-state index contributed by atoms with van der Waals surface area (Å²) in [5.74, 6) is -0.565. The van der Waals surface area contributed by atoms with E-state index in [1.54, 1.807) is 6.07 Å². The van der Waals surface area contributed by atoms with Crippen LogP contribution in [0, 0.1) is 11.6 Å². The second-order valence-corrected chi connectivity index (χ2v) is 10.2. The van der Waals surface area contributed by atoms with Crippen LogP contribution in [-0.4, -0.2) is 68.7 Å². The van der Waals surface area contributed by atoms with Crippen molar-refractivity contribution in [3.8, 4) is 17.4 Å². The molecule has 1 unspecified atom stereocenters. The maximum absolute atomic E-state index is 14.2. The lowest BCUT2D eigenvalue weighted by Gasteiger charge is -2.22. The minimum atomic E-state index is -0.766. The van der Waals surface area contributed by atoms with Crippen molar-refractivity contribution in [2.45, 2.75) is 12.5 Å². The molecule has 40 heavy (non-hydrogen) atoms. The van der Waals surface area contributed by atoms with Crippen LogP contribution < -0.4 is 20.9 Å². The number of fused-ring (bicyclic) bond motifs is 2. The van der Waals surface area contributed by atoms with Gasteiger partial charge in [0.25, 0.3) is 5.56 Å². The zero-order valence-electron chi connectivity index (χ0n) is 21.8. The van der Waals surface area contributed by atoms with E-state index < -0.39 is 22.9 Å². The molecule has 4 aromatic heterocycles. The van der Waals surface area contributed by atoms with E-state index in [0.717, 1.165) is 17.1 Å². The lowest BCUT2D eigenvalue weighted by Crippen LogP contribution is -2.39. The molecular formula is C27H24ClF2N7O3.